The monoisotopic (exact) mass is 443 g/mol. The molecule has 3 aromatic rings. The van der Waals surface area contributed by atoms with Crippen LogP contribution in [0.15, 0.2) is 53.9 Å². The second kappa shape index (κ2) is 9.73. The number of thiazole rings is 1. The first-order valence-electron chi connectivity index (χ1n) is 9.38. The average molecular weight is 444 g/mol. The van der Waals surface area contributed by atoms with Gasteiger partial charge in [-0.2, -0.15) is 0 Å². The SMILES string of the molecule is CC(=O)NC(C)c1ccc(-c2csc(NC(=O)C(C)Oc3ccccc3Cl)n2)cc1. The van der Waals surface area contributed by atoms with Crippen LogP contribution in [-0.4, -0.2) is 22.9 Å². The summed E-state index contributed by atoms with van der Waals surface area (Å²) in [5.41, 5.74) is 2.68. The zero-order valence-corrected chi connectivity index (χ0v) is 18.4. The van der Waals surface area contributed by atoms with Crippen molar-refractivity contribution in [3.8, 4) is 17.0 Å². The number of nitrogens with one attached hydrogen (secondary N) is 2. The Labute approximate surface area is 184 Å². The summed E-state index contributed by atoms with van der Waals surface area (Å²) in [4.78, 5) is 28.1. The lowest BCUT2D eigenvalue weighted by Crippen LogP contribution is -2.30. The highest BCUT2D eigenvalue weighted by molar-refractivity contribution is 7.14. The van der Waals surface area contributed by atoms with E-state index >= 15 is 0 Å². The largest absolute Gasteiger partial charge is 0.479 e. The highest BCUT2D eigenvalue weighted by Crippen LogP contribution is 2.27. The van der Waals surface area contributed by atoms with E-state index in [9.17, 15) is 9.59 Å². The van der Waals surface area contributed by atoms with Gasteiger partial charge in [-0.05, 0) is 31.5 Å². The Kier molecular flexibility index (Phi) is 7.07. The van der Waals surface area contributed by atoms with Gasteiger partial charge in [0.05, 0.1) is 16.8 Å². The fourth-order valence-corrected chi connectivity index (χ4v) is 3.69. The van der Waals surface area contributed by atoms with E-state index in [2.05, 4.69) is 15.6 Å². The zero-order chi connectivity index (χ0) is 21.7. The van der Waals surface area contributed by atoms with Gasteiger partial charge in [-0.3, -0.25) is 14.9 Å². The molecular weight excluding hydrogens is 422 g/mol. The van der Waals surface area contributed by atoms with Crippen molar-refractivity contribution >= 4 is 39.9 Å². The third-order valence-electron chi connectivity index (χ3n) is 4.37. The van der Waals surface area contributed by atoms with E-state index < -0.39 is 6.10 Å². The van der Waals surface area contributed by atoms with Gasteiger partial charge in [0.25, 0.3) is 5.91 Å². The van der Waals surface area contributed by atoms with Crippen molar-refractivity contribution < 1.29 is 14.3 Å². The number of nitrogens with zero attached hydrogens (tertiary/aromatic N) is 1. The Morgan fingerprint density at radius 3 is 2.47 bits per heavy atom. The lowest BCUT2D eigenvalue weighted by molar-refractivity contribution is -0.122. The molecule has 0 spiro atoms. The highest BCUT2D eigenvalue weighted by Gasteiger charge is 2.18. The Balaban J connectivity index is 1.62. The third-order valence-corrected chi connectivity index (χ3v) is 5.44. The van der Waals surface area contributed by atoms with Crippen molar-refractivity contribution in [1.29, 1.82) is 0 Å². The Morgan fingerprint density at radius 1 is 1.10 bits per heavy atom. The summed E-state index contributed by atoms with van der Waals surface area (Å²) in [6, 6.07) is 14.7. The number of halogens is 1. The minimum absolute atomic E-state index is 0.0681. The standard InChI is InChI=1S/C22H22ClN3O3S/c1-13(24-15(3)27)16-8-10-17(11-9-16)19-12-30-22(25-19)26-21(28)14(2)29-20-7-5-4-6-18(20)23/h4-14H,1-3H3,(H,24,27)(H,25,26,28). The number of para-hydroxylation sites is 1. The number of benzene rings is 2. The van der Waals surface area contributed by atoms with E-state index in [4.69, 9.17) is 16.3 Å². The fourth-order valence-electron chi connectivity index (χ4n) is 2.79. The molecule has 2 atom stereocenters. The van der Waals surface area contributed by atoms with Gasteiger partial charge >= 0.3 is 0 Å². The van der Waals surface area contributed by atoms with Crippen molar-refractivity contribution in [2.75, 3.05) is 5.32 Å². The molecule has 3 rings (SSSR count). The minimum Gasteiger partial charge on any atom is -0.479 e. The predicted molar refractivity (Wildman–Crippen MR) is 120 cm³/mol. The summed E-state index contributed by atoms with van der Waals surface area (Å²) in [6.07, 6.45) is -0.730. The normalized spacial score (nSPS) is 12.7. The van der Waals surface area contributed by atoms with Gasteiger partial charge in [0.1, 0.15) is 5.75 Å². The van der Waals surface area contributed by atoms with Crippen LogP contribution in [0.3, 0.4) is 0 Å². The van der Waals surface area contributed by atoms with Gasteiger partial charge in [-0.1, -0.05) is 48.0 Å². The van der Waals surface area contributed by atoms with E-state index in [0.29, 0.717) is 15.9 Å². The number of hydrogen-bond acceptors (Lipinski definition) is 5. The molecule has 0 radical (unpaired) electrons. The van der Waals surface area contributed by atoms with Crippen LogP contribution < -0.4 is 15.4 Å². The summed E-state index contributed by atoms with van der Waals surface area (Å²) < 4.78 is 5.64. The molecule has 0 aliphatic carbocycles. The molecule has 2 aromatic carbocycles. The fraction of sp³-hybridized carbons (Fsp3) is 0.227. The maximum absolute atomic E-state index is 12.4. The molecule has 0 saturated heterocycles. The zero-order valence-electron chi connectivity index (χ0n) is 16.8. The van der Waals surface area contributed by atoms with Gasteiger partial charge in [0, 0.05) is 17.9 Å². The number of aromatic nitrogens is 1. The lowest BCUT2D eigenvalue weighted by atomic mass is 10.1. The Bertz CT molecular complexity index is 1040. The highest BCUT2D eigenvalue weighted by atomic mass is 35.5. The maximum atomic E-state index is 12.4. The van der Waals surface area contributed by atoms with E-state index in [1.807, 2.05) is 36.6 Å². The number of anilines is 1. The number of ether oxygens (including phenoxy) is 1. The minimum atomic E-state index is -0.730. The van der Waals surface area contributed by atoms with E-state index in [1.165, 1.54) is 18.3 Å². The van der Waals surface area contributed by atoms with Crippen molar-refractivity contribution in [2.24, 2.45) is 0 Å². The van der Waals surface area contributed by atoms with Crippen molar-refractivity contribution in [3.63, 3.8) is 0 Å². The molecule has 0 aliphatic rings. The average Bonchev–Trinajstić information content (AvgIpc) is 3.17. The molecule has 1 aromatic heterocycles. The molecule has 2 N–H and O–H groups in total. The quantitative estimate of drug-likeness (QED) is 0.534. The molecule has 30 heavy (non-hydrogen) atoms. The summed E-state index contributed by atoms with van der Waals surface area (Å²) in [5.74, 6) is 0.0738. The van der Waals surface area contributed by atoms with Gasteiger partial charge < -0.3 is 10.1 Å². The van der Waals surface area contributed by atoms with E-state index in [1.54, 1.807) is 31.2 Å². The second-order valence-corrected chi connectivity index (χ2v) is 8.03. The molecular formula is C22H22ClN3O3S. The van der Waals surface area contributed by atoms with Gasteiger partial charge in [0.15, 0.2) is 11.2 Å². The van der Waals surface area contributed by atoms with Crippen molar-refractivity contribution in [3.05, 3.63) is 64.5 Å². The number of rotatable bonds is 7. The van der Waals surface area contributed by atoms with Crippen LogP contribution in [0.2, 0.25) is 5.02 Å². The number of carbonyl (C=O) groups excluding carboxylic acids is 2. The molecule has 2 unspecified atom stereocenters. The van der Waals surface area contributed by atoms with Gasteiger partial charge in [0.2, 0.25) is 5.91 Å². The molecule has 0 saturated carbocycles. The first-order chi connectivity index (χ1) is 14.3. The van der Waals surface area contributed by atoms with Crippen LogP contribution in [-0.2, 0) is 9.59 Å². The van der Waals surface area contributed by atoms with Crippen molar-refractivity contribution in [1.82, 2.24) is 10.3 Å². The second-order valence-electron chi connectivity index (χ2n) is 6.76. The number of amides is 2. The molecule has 0 aliphatic heterocycles. The molecule has 0 bridgehead atoms. The first-order valence-corrected chi connectivity index (χ1v) is 10.6. The molecule has 8 heteroatoms. The van der Waals surface area contributed by atoms with Crippen LogP contribution in [0.1, 0.15) is 32.4 Å². The number of hydrogen-bond donors (Lipinski definition) is 2. The molecule has 156 valence electrons. The summed E-state index contributed by atoms with van der Waals surface area (Å²) in [5, 5.41) is 8.44. The smallest absolute Gasteiger partial charge is 0.266 e. The van der Waals surface area contributed by atoms with Crippen LogP contribution in [0, 0.1) is 0 Å². The van der Waals surface area contributed by atoms with Crippen LogP contribution in [0.5, 0.6) is 5.75 Å². The van der Waals surface area contributed by atoms with Crippen LogP contribution in [0.4, 0.5) is 5.13 Å². The maximum Gasteiger partial charge on any atom is 0.266 e. The van der Waals surface area contributed by atoms with E-state index in [0.717, 1.165) is 16.8 Å². The lowest BCUT2D eigenvalue weighted by Gasteiger charge is -2.14. The van der Waals surface area contributed by atoms with Gasteiger partial charge in [-0.15, -0.1) is 11.3 Å². The summed E-state index contributed by atoms with van der Waals surface area (Å²) in [7, 11) is 0. The topological polar surface area (TPSA) is 80.3 Å². The molecule has 2 amide bonds. The molecule has 6 nitrogen and oxygen atoms in total. The van der Waals surface area contributed by atoms with E-state index in [-0.39, 0.29) is 17.9 Å². The molecule has 0 fully saturated rings. The predicted octanol–water partition coefficient (Wildman–Crippen LogP) is 5.07. The Hall–Kier alpha value is -2.90. The van der Waals surface area contributed by atoms with Crippen LogP contribution >= 0.6 is 22.9 Å². The first kappa shape index (κ1) is 21.8. The third kappa shape index (κ3) is 5.58. The van der Waals surface area contributed by atoms with Crippen LogP contribution in [0.25, 0.3) is 11.3 Å². The Morgan fingerprint density at radius 2 is 1.80 bits per heavy atom. The van der Waals surface area contributed by atoms with Gasteiger partial charge in [-0.25, -0.2) is 4.98 Å². The summed E-state index contributed by atoms with van der Waals surface area (Å²) in [6.45, 7) is 5.08. The van der Waals surface area contributed by atoms with Crippen molar-refractivity contribution in [2.45, 2.75) is 32.9 Å². The number of carbonyl (C=O) groups is 2. The summed E-state index contributed by atoms with van der Waals surface area (Å²) >= 11 is 7.41. The molecule has 1 heterocycles.